The van der Waals surface area contributed by atoms with Crippen LogP contribution in [0.3, 0.4) is 0 Å². The molecule has 1 aromatic rings. The van der Waals surface area contributed by atoms with Gasteiger partial charge in [0.15, 0.2) is 12.6 Å². The van der Waals surface area contributed by atoms with Gasteiger partial charge < -0.3 is 14.2 Å². The molecule has 4 heteroatoms. The Bertz CT molecular complexity index is 400. The minimum absolute atomic E-state index is 0.0517. The molecule has 1 unspecified atom stereocenters. The van der Waals surface area contributed by atoms with Crippen molar-refractivity contribution in [3.63, 3.8) is 0 Å². The summed E-state index contributed by atoms with van der Waals surface area (Å²) in [5, 5.41) is 0. The molecule has 1 aromatic carbocycles. The smallest absolute Gasteiger partial charge is 0.192 e. The van der Waals surface area contributed by atoms with Crippen molar-refractivity contribution in [3.05, 3.63) is 29.3 Å². The summed E-state index contributed by atoms with van der Waals surface area (Å²) in [5.74, 6) is 0.765. The number of hydrogen-bond acceptors (Lipinski definition) is 4. The van der Waals surface area contributed by atoms with Crippen LogP contribution in [0.5, 0.6) is 5.75 Å². The van der Waals surface area contributed by atoms with Crippen molar-refractivity contribution in [1.82, 2.24) is 0 Å². The van der Waals surface area contributed by atoms with Gasteiger partial charge in [0.1, 0.15) is 11.9 Å². The molecular formula is C12H14O4. The minimum Gasteiger partial charge on any atom is -0.468 e. The summed E-state index contributed by atoms with van der Waals surface area (Å²) in [6.45, 7) is 0.209. The third kappa shape index (κ3) is 1.94. The van der Waals surface area contributed by atoms with Gasteiger partial charge >= 0.3 is 0 Å². The molecule has 0 fully saturated rings. The molecule has 0 N–H and O–H groups in total. The molecule has 0 heterocycles. The number of ether oxygens (including phenoxy) is 3. The highest BCUT2D eigenvalue weighted by atomic mass is 16.7. The fourth-order valence-corrected chi connectivity index (χ4v) is 1.85. The Labute approximate surface area is 94.1 Å². The average Bonchev–Trinajstić information content (AvgIpc) is 2.63. The summed E-state index contributed by atoms with van der Waals surface area (Å²) in [6.07, 6.45) is 0.280. The monoisotopic (exact) mass is 222 g/mol. The first-order valence-corrected chi connectivity index (χ1v) is 5.08. The SMILES string of the molecule is COCOc1ccc2c(c1)CC(OC)C2=O. The van der Waals surface area contributed by atoms with E-state index in [-0.39, 0.29) is 18.7 Å². The van der Waals surface area contributed by atoms with Crippen LogP contribution in [0.15, 0.2) is 18.2 Å². The van der Waals surface area contributed by atoms with E-state index >= 15 is 0 Å². The Morgan fingerprint density at radius 1 is 1.38 bits per heavy atom. The van der Waals surface area contributed by atoms with Gasteiger partial charge in [0.2, 0.25) is 0 Å². The summed E-state index contributed by atoms with van der Waals surface area (Å²) in [6, 6.07) is 5.42. The summed E-state index contributed by atoms with van der Waals surface area (Å²) >= 11 is 0. The van der Waals surface area contributed by atoms with E-state index in [2.05, 4.69) is 0 Å². The zero-order valence-corrected chi connectivity index (χ0v) is 9.36. The second kappa shape index (κ2) is 4.63. The Morgan fingerprint density at radius 3 is 2.88 bits per heavy atom. The number of Topliss-reactive ketones (excluding diaryl/α,β-unsaturated/α-hetero) is 1. The van der Waals surface area contributed by atoms with Crippen molar-refractivity contribution in [1.29, 1.82) is 0 Å². The first-order chi connectivity index (χ1) is 7.76. The van der Waals surface area contributed by atoms with Crippen LogP contribution in [0.2, 0.25) is 0 Å². The van der Waals surface area contributed by atoms with Crippen LogP contribution in [0.1, 0.15) is 15.9 Å². The topological polar surface area (TPSA) is 44.8 Å². The highest BCUT2D eigenvalue weighted by molar-refractivity contribution is 6.04. The van der Waals surface area contributed by atoms with E-state index in [0.717, 1.165) is 11.1 Å². The van der Waals surface area contributed by atoms with Crippen molar-refractivity contribution in [2.45, 2.75) is 12.5 Å². The Morgan fingerprint density at radius 2 is 2.19 bits per heavy atom. The molecule has 1 aliphatic carbocycles. The predicted molar refractivity (Wildman–Crippen MR) is 57.8 cm³/mol. The molecule has 4 nitrogen and oxygen atoms in total. The Hall–Kier alpha value is -1.39. The van der Waals surface area contributed by atoms with Gasteiger partial charge in [-0.1, -0.05) is 0 Å². The molecule has 0 aliphatic heterocycles. The highest BCUT2D eigenvalue weighted by Crippen LogP contribution is 2.27. The summed E-state index contributed by atoms with van der Waals surface area (Å²) in [4.78, 5) is 11.8. The van der Waals surface area contributed by atoms with Crippen LogP contribution in [-0.4, -0.2) is 32.9 Å². The number of fused-ring (bicyclic) bond motifs is 1. The number of carbonyl (C=O) groups excluding carboxylic acids is 1. The first kappa shape index (κ1) is 11.1. The molecular weight excluding hydrogens is 208 g/mol. The lowest BCUT2D eigenvalue weighted by Crippen LogP contribution is -2.17. The lowest BCUT2D eigenvalue weighted by molar-refractivity contribution is 0.0510. The first-order valence-electron chi connectivity index (χ1n) is 5.08. The summed E-state index contributed by atoms with van der Waals surface area (Å²) < 4.78 is 15.2. The van der Waals surface area contributed by atoms with Gasteiger partial charge in [0.05, 0.1) is 0 Å². The summed E-state index contributed by atoms with van der Waals surface area (Å²) in [7, 11) is 3.12. The van der Waals surface area contributed by atoms with Gasteiger partial charge in [-0.25, -0.2) is 0 Å². The largest absolute Gasteiger partial charge is 0.468 e. The zero-order valence-electron chi connectivity index (χ0n) is 9.36. The fraction of sp³-hybridized carbons (Fsp3) is 0.417. The van der Waals surface area contributed by atoms with E-state index in [1.165, 1.54) is 0 Å². The molecule has 86 valence electrons. The molecule has 0 saturated carbocycles. The number of ketones is 1. The van der Waals surface area contributed by atoms with E-state index in [4.69, 9.17) is 14.2 Å². The second-order valence-corrected chi connectivity index (χ2v) is 3.66. The van der Waals surface area contributed by atoms with Crippen LogP contribution in [0.4, 0.5) is 0 Å². The maximum atomic E-state index is 11.8. The molecule has 1 atom stereocenters. The van der Waals surface area contributed by atoms with E-state index in [0.29, 0.717) is 12.2 Å². The normalized spacial score (nSPS) is 18.6. The second-order valence-electron chi connectivity index (χ2n) is 3.66. The van der Waals surface area contributed by atoms with Crippen molar-refractivity contribution < 1.29 is 19.0 Å². The lowest BCUT2D eigenvalue weighted by atomic mass is 10.1. The number of methoxy groups -OCH3 is 2. The van der Waals surface area contributed by atoms with Crippen molar-refractivity contribution in [2.75, 3.05) is 21.0 Å². The van der Waals surface area contributed by atoms with Gasteiger partial charge in [-0.3, -0.25) is 4.79 Å². The molecule has 0 aromatic heterocycles. The molecule has 0 amide bonds. The maximum absolute atomic E-state index is 11.8. The van der Waals surface area contributed by atoms with Crippen LogP contribution in [0, 0.1) is 0 Å². The van der Waals surface area contributed by atoms with Gasteiger partial charge in [-0.05, 0) is 23.8 Å². The van der Waals surface area contributed by atoms with Crippen LogP contribution in [0.25, 0.3) is 0 Å². The third-order valence-corrected chi connectivity index (χ3v) is 2.67. The standard InChI is InChI=1S/C12H14O4/c1-14-7-16-9-3-4-10-8(5-9)6-11(15-2)12(10)13/h3-5,11H,6-7H2,1-2H3. The average molecular weight is 222 g/mol. The van der Waals surface area contributed by atoms with Crippen LogP contribution >= 0.6 is 0 Å². The highest BCUT2D eigenvalue weighted by Gasteiger charge is 2.30. The van der Waals surface area contributed by atoms with E-state index in [1.807, 2.05) is 6.07 Å². The molecule has 0 spiro atoms. The van der Waals surface area contributed by atoms with Gasteiger partial charge in [0, 0.05) is 26.2 Å². The van der Waals surface area contributed by atoms with Crippen molar-refractivity contribution in [3.8, 4) is 5.75 Å². The molecule has 16 heavy (non-hydrogen) atoms. The molecule has 0 saturated heterocycles. The summed E-state index contributed by atoms with van der Waals surface area (Å²) in [5.41, 5.74) is 1.71. The number of benzene rings is 1. The van der Waals surface area contributed by atoms with Crippen molar-refractivity contribution in [2.24, 2.45) is 0 Å². The number of rotatable bonds is 4. The lowest BCUT2D eigenvalue weighted by Gasteiger charge is -2.05. The van der Waals surface area contributed by atoms with E-state index < -0.39 is 0 Å². The minimum atomic E-state index is -0.340. The van der Waals surface area contributed by atoms with E-state index in [9.17, 15) is 4.79 Å². The van der Waals surface area contributed by atoms with Gasteiger partial charge in [0.25, 0.3) is 0 Å². The molecule has 2 rings (SSSR count). The molecule has 0 bridgehead atoms. The van der Waals surface area contributed by atoms with Gasteiger partial charge in [-0.15, -0.1) is 0 Å². The molecule has 0 radical (unpaired) electrons. The number of carbonyl (C=O) groups is 1. The van der Waals surface area contributed by atoms with Crippen LogP contribution in [-0.2, 0) is 15.9 Å². The van der Waals surface area contributed by atoms with Crippen LogP contribution < -0.4 is 4.74 Å². The number of hydrogen-bond donors (Lipinski definition) is 0. The third-order valence-electron chi connectivity index (χ3n) is 2.67. The fourth-order valence-electron chi connectivity index (χ4n) is 1.85. The Kier molecular flexibility index (Phi) is 3.22. The Balaban J connectivity index is 2.19. The van der Waals surface area contributed by atoms with Gasteiger partial charge in [-0.2, -0.15) is 0 Å². The molecule has 1 aliphatic rings. The zero-order chi connectivity index (χ0) is 11.5. The van der Waals surface area contributed by atoms with Crippen molar-refractivity contribution >= 4 is 5.78 Å². The van der Waals surface area contributed by atoms with E-state index in [1.54, 1.807) is 26.4 Å². The maximum Gasteiger partial charge on any atom is 0.192 e. The predicted octanol–water partition coefficient (Wildman–Crippen LogP) is 1.42. The quantitative estimate of drug-likeness (QED) is 0.723.